The lowest BCUT2D eigenvalue weighted by atomic mass is 10.2. The summed E-state index contributed by atoms with van der Waals surface area (Å²) in [7, 11) is 0. The van der Waals surface area contributed by atoms with Crippen LogP contribution in [0.5, 0.6) is 5.75 Å². The van der Waals surface area contributed by atoms with E-state index in [1.807, 2.05) is 13.0 Å². The molecule has 2 aromatic rings. The van der Waals surface area contributed by atoms with Crippen molar-refractivity contribution in [1.82, 2.24) is 15.5 Å². The fourth-order valence-electron chi connectivity index (χ4n) is 1.89. The second kappa shape index (κ2) is 8.84. The van der Waals surface area contributed by atoms with E-state index in [4.69, 9.17) is 4.74 Å². The molecule has 1 aromatic heterocycles. The third kappa shape index (κ3) is 5.33. The second-order valence-corrected chi connectivity index (χ2v) is 5.41. The molecule has 23 heavy (non-hydrogen) atoms. The summed E-state index contributed by atoms with van der Waals surface area (Å²) in [5, 5.41) is 13.3. The lowest BCUT2D eigenvalue weighted by Gasteiger charge is -2.10. The summed E-state index contributed by atoms with van der Waals surface area (Å²) in [6, 6.07) is 7.07. The van der Waals surface area contributed by atoms with Gasteiger partial charge < -0.3 is 15.4 Å². The molecular formula is C15H18N4O3S. The maximum Gasteiger partial charge on any atom is 0.255 e. The summed E-state index contributed by atoms with van der Waals surface area (Å²) in [5.41, 5.74) is 2.04. The number of hydrogen-bond acceptors (Lipinski definition) is 6. The van der Waals surface area contributed by atoms with E-state index in [1.165, 1.54) is 11.3 Å². The van der Waals surface area contributed by atoms with Crippen LogP contribution < -0.4 is 15.4 Å². The number of rotatable bonds is 8. The zero-order chi connectivity index (χ0) is 16.5. The number of nitrogens with zero attached hydrogens (tertiary/aromatic N) is 2. The van der Waals surface area contributed by atoms with E-state index >= 15 is 0 Å². The van der Waals surface area contributed by atoms with Crippen molar-refractivity contribution in [2.75, 3.05) is 18.5 Å². The minimum atomic E-state index is -0.210. The Bertz CT molecular complexity index is 646. The molecule has 0 atom stereocenters. The van der Waals surface area contributed by atoms with Gasteiger partial charge in [0.05, 0.1) is 12.2 Å². The normalized spacial score (nSPS) is 10.1. The molecule has 0 aliphatic carbocycles. The molecule has 0 saturated carbocycles. The first-order valence-electron chi connectivity index (χ1n) is 7.26. The molecule has 0 radical (unpaired) electrons. The van der Waals surface area contributed by atoms with Gasteiger partial charge in [-0.1, -0.05) is 23.5 Å². The van der Waals surface area contributed by atoms with E-state index in [0.29, 0.717) is 42.4 Å². The molecule has 2 rings (SSSR count). The van der Waals surface area contributed by atoms with Gasteiger partial charge in [-0.15, -0.1) is 10.2 Å². The van der Waals surface area contributed by atoms with Crippen LogP contribution >= 0.6 is 11.3 Å². The number of aromatic nitrogens is 2. The Labute approximate surface area is 138 Å². The summed E-state index contributed by atoms with van der Waals surface area (Å²) >= 11 is 1.26. The Kier molecular flexibility index (Phi) is 6.49. The Balaban J connectivity index is 1.73. The molecular weight excluding hydrogens is 316 g/mol. The summed E-state index contributed by atoms with van der Waals surface area (Å²) < 4.78 is 5.42. The third-order valence-electron chi connectivity index (χ3n) is 2.90. The number of benzene rings is 1. The van der Waals surface area contributed by atoms with Crippen molar-refractivity contribution in [3.63, 3.8) is 0 Å². The van der Waals surface area contributed by atoms with Crippen LogP contribution in [0.15, 0.2) is 29.8 Å². The van der Waals surface area contributed by atoms with Crippen LogP contribution in [0, 0.1) is 0 Å². The van der Waals surface area contributed by atoms with Gasteiger partial charge in [0.15, 0.2) is 0 Å². The molecule has 7 nitrogen and oxygen atoms in total. The highest BCUT2D eigenvalue weighted by atomic mass is 32.1. The molecule has 0 aliphatic rings. The standard InChI is InChI=1S/C15H18N4O3S/c1-2-22-12-7-4-3-6-11(12)14(21)16-9-5-8-13(20)18-15-19-17-10-23-15/h3-4,6-7,10H,2,5,8-9H2,1H3,(H,16,21)(H,18,19,20). The van der Waals surface area contributed by atoms with Gasteiger partial charge in [-0.25, -0.2) is 0 Å². The van der Waals surface area contributed by atoms with Crippen LogP contribution in [-0.2, 0) is 4.79 Å². The van der Waals surface area contributed by atoms with E-state index in [0.717, 1.165) is 0 Å². The molecule has 1 heterocycles. The SMILES string of the molecule is CCOc1ccccc1C(=O)NCCCC(=O)Nc1nncs1. The van der Waals surface area contributed by atoms with E-state index in [1.54, 1.807) is 23.7 Å². The van der Waals surface area contributed by atoms with Gasteiger partial charge in [0.25, 0.3) is 5.91 Å². The minimum Gasteiger partial charge on any atom is -0.493 e. The molecule has 1 aromatic carbocycles. The molecule has 2 amide bonds. The van der Waals surface area contributed by atoms with Crippen molar-refractivity contribution < 1.29 is 14.3 Å². The van der Waals surface area contributed by atoms with E-state index in [9.17, 15) is 9.59 Å². The first-order chi connectivity index (χ1) is 11.2. The Morgan fingerprint density at radius 2 is 2.13 bits per heavy atom. The number of para-hydroxylation sites is 1. The highest BCUT2D eigenvalue weighted by Gasteiger charge is 2.11. The lowest BCUT2D eigenvalue weighted by Crippen LogP contribution is -2.26. The highest BCUT2D eigenvalue weighted by Crippen LogP contribution is 2.17. The molecule has 0 unspecified atom stereocenters. The Morgan fingerprint density at radius 1 is 1.30 bits per heavy atom. The van der Waals surface area contributed by atoms with Gasteiger partial charge in [-0.2, -0.15) is 0 Å². The van der Waals surface area contributed by atoms with Crippen molar-refractivity contribution in [3.8, 4) is 5.75 Å². The molecule has 0 spiro atoms. The first-order valence-corrected chi connectivity index (χ1v) is 8.14. The summed E-state index contributed by atoms with van der Waals surface area (Å²) in [6.07, 6.45) is 0.833. The lowest BCUT2D eigenvalue weighted by molar-refractivity contribution is -0.116. The summed E-state index contributed by atoms with van der Waals surface area (Å²) in [6.45, 7) is 2.77. The average molecular weight is 334 g/mol. The topological polar surface area (TPSA) is 93.2 Å². The number of nitrogens with one attached hydrogen (secondary N) is 2. The Hall–Kier alpha value is -2.48. The van der Waals surface area contributed by atoms with Crippen molar-refractivity contribution in [1.29, 1.82) is 0 Å². The number of carbonyl (C=O) groups is 2. The quantitative estimate of drug-likeness (QED) is 0.721. The maximum atomic E-state index is 12.1. The van der Waals surface area contributed by atoms with E-state index in [2.05, 4.69) is 20.8 Å². The van der Waals surface area contributed by atoms with Crippen molar-refractivity contribution in [2.24, 2.45) is 0 Å². The van der Waals surface area contributed by atoms with E-state index in [-0.39, 0.29) is 11.8 Å². The van der Waals surface area contributed by atoms with Gasteiger partial charge >= 0.3 is 0 Å². The minimum absolute atomic E-state index is 0.147. The average Bonchev–Trinajstić information content (AvgIpc) is 3.05. The van der Waals surface area contributed by atoms with Crippen molar-refractivity contribution in [2.45, 2.75) is 19.8 Å². The van der Waals surface area contributed by atoms with Crippen LogP contribution in [0.4, 0.5) is 5.13 Å². The largest absolute Gasteiger partial charge is 0.493 e. The Morgan fingerprint density at radius 3 is 2.87 bits per heavy atom. The molecule has 0 fully saturated rings. The van der Waals surface area contributed by atoms with E-state index < -0.39 is 0 Å². The van der Waals surface area contributed by atoms with Crippen LogP contribution in [0.2, 0.25) is 0 Å². The highest BCUT2D eigenvalue weighted by molar-refractivity contribution is 7.13. The van der Waals surface area contributed by atoms with Crippen LogP contribution in [0.1, 0.15) is 30.1 Å². The first kappa shape index (κ1) is 16.9. The predicted octanol–water partition coefficient (Wildman–Crippen LogP) is 2.09. The summed E-state index contributed by atoms with van der Waals surface area (Å²) in [4.78, 5) is 23.8. The zero-order valence-electron chi connectivity index (χ0n) is 12.7. The molecule has 2 N–H and O–H groups in total. The fourth-order valence-corrected chi connectivity index (χ4v) is 2.35. The third-order valence-corrected chi connectivity index (χ3v) is 3.51. The van der Waals surface area contributed by atoms with Gasteiger partial charge in [-0.05, 0) is 25.5 Å². The van der Waals surface area contributed by atoms with Gasteiger partial charge in [0.2, 0.25) is 11.0 Å². The molecule has 0 bridgehead atoms. The van der Waals surface area contributed by atoms with Crippen LogP contribution in [-0.4, -0.2) is 35.2 Å². The van der Waals surface area contributed by atoms with Gasteiger partial charge in [0.1, 0.15) is 11.3 Å². The molecule has 122 valence electrons. The number of ether oxygens (including phenoxy) is 1. The molecule has 0 aliphatic heterocycles. The fraction of sp³-hybridized carbons (Fsp3) is 0.333. The number of anilines is 1. The number of amides is 2. The van der Waals surface area contributed by atoms with Crippen LogP contribution in [0.25, 0.3) is 0 Å². The second-order valence-electron chi connectivity index (χ2n) is 4.58. The smallest absolute Gasteiger partial charge is 0.255 e. The number of carbonyl (C=O) groups excluding carboxylic acids is 2. The van der Waals surface area contributed by atoms with Crippen molar-refractivity contribution in [3.05, 3.63) is 35.3 Å². The molecule has 8 heteroatoms. The van der Waals surface area contributed by atoms with Crippen LogP contribution in [0.3, 0.4) is 0 Å². The van der Waals surface area contributed by atoms with Crippen molar-refractivity contribution >= 4 is 28.3 Å². The predicted molar refractivity (Wildman–Crippen MR) is 87.7 cm³/mol. The summed E-state index contributed by atoms with van der Waals surface area (Å²) in [5.74, 6) is 0.200. The maximum absolute atomic E-state index is 12.1. The monoisotopic (exact) mass is 334 g/mol. The number of hydrogen-bond donors (Lipinski definition) is 2. The van der Waals surface area contributed by atoms with Gasteiger partial charge in [-0.3, -0.25) is 9.59 Å². The van der Waals surface area contributed by atoms with Gasteiger partial charge in [0, 0.05) is 13.0 Å². The zero-order valence-corrected chi connectivity index (χ0v) is 13.6. The molecule has 0 saturated heterocycles.